The van der Waals surface area contributed by atoms with Gasteiger partial charge >= 0.3 is 23.9 Å². The van der Waals surface area contributed by atoms with Gasteiger partial charge in [0.1, 0.15) is 45.3 Å². The summed E-state index contributed by atoms with van der Waals surface area (Å²) in [5.41, 5.74) is -1.04. The summed E-state index contributed by atoms with van der Waals surface area (Å²) in [5.74, 6) is -7.46. The van der Waals surface area contributed by atoms with Gasteiger partial charge in [-0.3, -0.25) is 0 Å². The van der Waals surface area contributed by atoms with Crippen LogP contribution in [0.25, 0.3) is 65.3 Å². The monoisotopic (exact) mass is 748 g/mol. The molecule has 0 unspecified atom stereocenters. The topological polar surface area (TPSA) is 230 Å². The fourth-order valence-electron chi connectivity index (χ4n) is 7.01. The molecule has 0 saturated carbocycles. The van der Waals surface area contributed by atoms with Gasteiger partial charge in [-0.15, -0.1) is 0 Å². The summed E-state index contributed by atoms with van der Waals surface area (Å²) >= 11 is 0. The van der Waals surface area contributed by atoms with Crippen LogP contribution < -0.4 is 0 Å². The third kappa shape index (κ3) is 6.02. The van der Waals surface area contributed by atoms with Crippen LogP contribution in [0.2, 0.25) is 0 Å². The summed E-state index contributed by atoms with van der Waals surface area (Å²) in [7, 11) is 0. The van der Waals surface area contributed by atoms with E-state index in [0.717, 1.165) is 0 Å². The molecule has 0 radical (unpaired) electrons. The summed E-state index contributed by atoms with van der Waals surface area (Å²) < 4.78 is 0. The first-order valence-corrected chi connectivity index (χ1v) is 16.7. The number of hydrogen-bond acceptors (Lipinski definition) is 8. The van der Waals surface area contributed by atoms with Gasteiger partial charge in [0.15, 0.2) is 0 Å². The van der Waals surface area contributed by atoms with Gasteiger partial charge in [0.25, 0.3) is 0 Å². The van der Waals surface area contributed by atoms with E-state index in [4.69, 9.17) is 0 Å². The van der Waals surface area contributed by atoms with Crippen molar-refractivity contribution in [2.75, 3.05) is 0 Å². The van der Waals surface area contributed by atoms with Gasteiger partial charge in [0, 0.05) is 22.3 Å². The SMILES string of the molecule is O=C(O)c1cc2ccccc2c(-c2c(O)c(C(=O)O)cc3ccccc23)c1O.O=C(O)c1cc2ccccc2c(-c2c(O)c(C(=O)O)cc3ccccc23)c1O. The van der Waals surface area contributed by atoms with E-state index in [1.54, 1.807) is 97.1 Å². The maximum atomic E-state index is 11.7. The van der Waals surface area contributed by atoms with Crippen LogP contribution in [0, 0.1) is 0 Å². The second-order valence-electron chi connectivity index (χ2n) is 12.7. The predicted octanol–water partition coefficient (Wildman–Crippen LogP) is 8.94. The summed E-state index contributed by atoms with van der Waals surface area (Å²) in [5, 5.41) is 85.3. The lowest BCUT2D eigenvalue weighted by Crippen LogP contribution is -2.01. The quantitative estimate of drug-likeness (QED) is 0.0797. The molecule has 56 heavy (non-hydrogen) atoms. The molecule has 0 aromatic heterocycles. The molecule has 276 valence electrons. The molecule has 8 rings (SSSR count). The largest absolute Gasteiger partial charge is 0.506 e. The highest BCUT2D eigenvalue weighted by Gasteiger charge is 2.27. The molecule has 0 atom stereocenters. The van der Waals surface area contributed by atoms with Gasteiger partial charge in [-0.25, -0.2) is 19.2 Å². The van der Waals surface area contributed by atoms with Crippen molar-refractivity contribution in [1.29, 1.82) is 0 Å². The fourth-order valence-corrected chi connectivity index (χ4v) is 7.01. The van der Waals surface area contributed by atoms with Crippen molar-refractivity contribution >= 4 is 67.0 Å². The second-order valence-corrected chi connectivity index (χ2v) is 12.7. The number of benzene rings is 8. The molecule has 8 aromatic rings. The summed E-state index contributed by atoms with van der Waals surface area (Å²) in [6.07, 6.45) is 0. The van der Waals surface area contributed by atoms with Crippen LogP contribution in [0.3, 0.4) is 0 Å². The Balaban J connectivity index is 0.000000172. The minimum Gasteiger partial charge on any atom is -0.506 e. The summed E-state index contributed by atoms with van der Waals surface area (Å²) in [6.45, 7) is 0. The first-order valence-electron chi connectivity index (χ1n) is 16.7. The lowest BCUT2D eigenvalue weighted by molar-refractivity contribution is 0.0682. The van der Waals surface area contributed by atoms with Crippen LogP contribution in [0.4, 0.5) is 0 Å². The zero-order valence-corrected chi connectivity index (χ0v) is 28.8. The van der Waals surface area contributed by atoms with E-state index in [9.17, 15) is 60.0 Å². The van der Waals surface area contributed by atoms with E-state index in [1.165, 1.54) is 24.3 Å². The first-order chi connectivity index (χ1) is 26.8. The first kappa shape index (κ1) is 36.2. The number of carbonyl (C=O) groups is 4. The van der Waals surface area contributed by atoms with Crippen molar-refractivity contribution in [3.8, 4) is 45.3 Å². The Morgan fingerprint density at radius 1 is 0.304 bits per heavy atom. The highest BCUT2D eigenvalue weighted by Crippen LogP contribution is 2.49. The second kappa shape index (κ2) is 14.0. The number of phenols is 4. The molecule has 8 N–H and O–H groups in total. The molecular formula is C44H28O12. The Morgan fingerprint density at radius 3 is 0.661 bits per heavy atom. The van der Waals surface area contributed by atoms with Crippen LogP contribution in [-0.4, -0.2) is 64.7 Å². The summed E-state index contributed by atoms with van der Waals surface area (Å²) in [6, 6.07) is 32.6. The van der Waals surface area contributed by atoms with Crippen molar-refractivity contribution in [3.05, 3.63) is 144 Å². The minimum absolute atomic E-state index is 0.0762. The maximum absolute atomic E-state index is 11.7. The molecule has 0 aliphatic carbocycles. The van der Waals surface area contributed by atoms with E-state index in [2.05, 4.69) is 0 Å². The number of rotatable bonds is 6. The van der Waals surface area contributed by atoms with E-state index in [1.807, 2.05) is 0 Å². The Bertz CT molecular complexity index is 2580. The number of fused-ring (bicyclic) bond motifs is 4. The van der Waals surface area contributed by atoms with Crippen molar-refractivity contribution in [3.63, 3.8) is 0 Å². The standard InChI is InChI=1S/2C22H14O6/c2*23-19-15(21(25)26)9-11-5-1-3-7-13(11)17(19)18-14-8-4-2-6-12(14)10-16(20(18)24)22(27)28/h2*1-10,23-24H,(H,25,26)(H,27,28). The molecule has 0 aliphatic rings. The van der Waals surface area contributed by atoms with Crippen LogP contribution in [0.15, 0.2) is 121 Å². The Hall–Kier alpha value is -8.12. The van der Waals surface area contributed by atoms with Gasteiger partial charge < -0.3 is 40.9 Å². The molecule has 0 spiro atoms. The molecule has 0 aliphatic heterocycles. The average molecular weight is 749 g/mol. The van der Waals surface area contributed by atoms with Crippen molar-refractivity contribution in [1.82, 2.24) is 0 Å². The van der Waals surface area contributed by atoms with Gasteiger partial charge in [-0.05, 0) is 67.4 Å². The Kier molecular flexibility index (Phi) is 9.08. The van der Waals surface area contributed by atoms with Gasteiger partial charge in [0.05, 0.1) is 0 Å². The molecule has 12 heteroatoms. The van der Waals surface area contributed by atoms with Gasteiger partial charge in [0.2, 0.25) is 0 Å². The molecule has 0 saturated heterocycles. The fraction of sp³-hybridized carbons (Fsp3) is 0. The van der Waals surface area contributed by atoms with Gasteiger partial charge in [-0.2, -0.15) is 0 Å². The van der Waals surface area contributed by atoms with Crippen molar-refractivity contribution in [2.24, 2.45) is 0 Å². The van der Waals surface area contributed by atoms with E-state index in [0.29, 0.717) is 43.1 Å². The zero-order valence-electron chi connectivity index (χ0n) is 28.8. The highest BCUT2D eigenvalue weighted by atomic mass is 16.4. The van der Waals surface area contributed by atoms with Gasteiger partial charge in [-0.1, -0.05) is 97.1 Å². The summed E-state index contributed by atoms with van der Waals surface area (Å²) in [4.78, 5) is 46.6. The smallest absolute Gasteiger partial charge is 0.339 e. The lowest BCUT2D eigenvalue weighted by Gasteiger charge is -2.17. The minimum atomic E-state index is -1.33. The number of aromatic hydroxyl groups is 4. The predicted molar refractivity (Wildman–Crippen MR) is 208 cm³/mol. The Morgan fingerprint density at radius 2 is 0.482 bits per heavy atom. The zero-order chi connectivity index (χ0) is 40.0. The lowest BCUT2D eigenvalue weighted by atomic mass is 9.89. The van der Waals surface area contributed by atoms with Crippen LogP contribution in [0.5, 0.6) is 23.0 Å². The number of aromatic carboxylic acids is 4. The average Bonchev–Trinajstić information content (AvgIpc) is 3.18. The molecule has 0 heterocycles. The third-order valence-corrected chi connectivity index (χ3v) is 9.51. The van der Waals surface area contributed by atoms with Crippen molar-refractivity contribution in [2.45, 2.75) is 0 Å². The van der Waals surface area contributed by atoms with E-state index >= 15 is 0 Å². The number of carboxylic acids is 4. The molecule has 0 bridgehead atoms. The van der Waals surface area contributed by atoms with E-state index < -0.39 is 46.9 Å². The molecule has 8 aromatic carbocycles. The highest BCUT2D eigenvalue weighted by molar-refractivity contribution is 6.17. The molecular weight excluding hydrogens is 720 g/mol. The molecule has 0 fully saturated rings. The van der Waals surface area contributed by atoms with Crippen LogP contribution in [-0.2, 0) is 0 Å². The molecule has 12 nitrogen and oxygen atoms in total. The van der Waals surface area contributed by atoms with Crippen LogP contribution in [0.1, 0.15) is 41.4 Å². The normalized spacial score (nSPS) is 11.0. The number of carboxylic acid groups (broad SMARTS) is 4. The van der Waals surface area contributed by atoms with E-state index in [-0.39, 0.29) is 44.5 Å². The third-order valence-electron chi connectivity index (χ3n) is 9.51. The molecule has 0 amide bonds. The maximum Gasteiger partial charge on any atom is 0.339 e. The van der Waals surface area contributed by atoms with Crippen molar-refractivity contribution < 1.29 is 60.0 Å². The van der Waals surface area contributed by atoms with Crippen LogP contribution >= 0.6 is 0 Å². The Labute approximate surface area is 315 Å². The number of hydrogen-bond donors (Lipinski definition) is 8.